The first-order valence-corrected chi connectivity index (χ1v) is 11.1. The Hall–Kier alpha value is -1.65. The maximum absolute atomic E-state index is 12.9. The Morgan fingerprint density at radius 2 is 1.71 bits per heavy atom. The third kappa shape index (κ3) is 6.18. The summed E-state index contributed by atoms with van der Waals surface area (Å²) in [4.78, 5) is 15.4. The summed E-state index contributed by atoms with van der Waals surface area (Å²) >= 11 is 3.49. The standard InChI is InChI=1S/C24H31BrN2O/c1-18(2)16-23(20-6-4-3-5-7-20)26-24(28)21-12-14-27(15-13-21)17-19-8-10-22(25)11-9-19/h3-11,18,21,23H,12-17H2,1-2H3,(H,26,28)/t23-/m0/s1. The summed E-state index contributed by atoms with van der Waals surface area (Å²) in [7, 11) is 0. The van der Waals surface area contributed by atoms with Gasteiger partial charge in [0.1, 0.15) is 0 Å². The minimum Gasteiger partial charge on any atom is -0.349 e. The number of rotatable bonds is 7. The summed E-state index contributed by atoms with van der Waals surface area (Å²) in [5.74, 6) is 0.885. The number of nitrogens with zero attached hydrogens (tertiary/aromatic N) is 1. The molecule has 1 aliphatic heterocycles. The topological polar surface area (TPSA) is 32.3 Å². The van der Waals surface area contributed by atoms with Crippen LogP contribution in [0.2, 0.25) is 0 Å². The molecule has 1 heterocycles. The second-order valence-corrected chi connectivity index (χ2v) is 9.19. The Kier molecular flexibility index (Phi) is 7.69. The first kappa shape index (κ1) is 21.1. The number of hydrogen-bond acceptors (Lipinski definition) is 2. The van der Waals surface area contributed by atoms with Crippen molar-refractivity contribution in [2.45, 2.75) is 45.7 Å². The molecule has 4 heteroatoms. The van der Waals surface area contributed by atoms with E-state index in [9.17, 15) is 4.79 Å². The predicted molar refractivity (Wildman–Crippen MR) is 119 cm³/mol. The van der Waals surface area contributed by atoms with Crippen LogP contribution in [0.4, 0.5) is 0 Å². The van der Waals surface area contributed by atoms with Crippen LogP contribution < -0.4 is 5.32 Å². The molecule has 0 unspecified atom stereocenters. The van der Waals surface area contributed by atoms with Gasteiger partial charge in [0.15, 0.2) is 0 Å². The number of hydrogen-bond donors (Lipinski definition) is 1. The van der Waals surface area contributed by atoms with Gasteiger partial charge in [-0.15, -0.1) is 0 Å². The summed E-state index contributed by atoms with van der Waals surface area (Å²) in [6.07, 6.45) is 2.84. The van der Waals surface area contributed by atoms with E-state index in [1.807, 2.05) is 6.07 Å². The van der Waals surface area contributed by atoms with Gasteiger partial charge in [0.05, 0.1) is 6.04 Å². The third-order valence-electron chi connectivity index (χ3n) is 5.50. The van der Waals surface area contributed by atoms with Crippen molar-refractivity contribution in [2.24, 2.45) is 11.8 Å². The van der Waals surface area contributed by atoms with E-state index < -0.39 is 0 Å². The summed E-state index contributed by atoms with van der Waals surface area (Å²) in [5.41, 5.74) is 2.53. The number of halogens is 1. The largest absolute Gasteiger partial charge is 0.349 e. The van der Waals surface area contributed by atoms with E-state index in [0.717, 1.165) is 43.4 Å². The van der Waals surface area contributed by atoms with E-state index in [1.54, 1.807) is 0 Å². The molecule has 0 aliphatic carbocycles. The highest BCUT2D eigenvalue weighted by Crippen LogP contribution is 2.24. The van der Waals surface area contributed by atoms with Gasteiger partial charge in [-0.25, -0.2) is 0 Å². The fourth-order valence-electron chi connectivity index (χ4n) is 3.93. The summed E-state index contributed by atoms with van der Waals surface area (Å²) in [5, 5.41) is 3.34. The zero-order valence-corrected chi connectivity index (χ0v) is 18.5. The van der Waals surface area contributed by atoms with E-state index in [2.05, 4.69) is 88.5 Å². The van der Waals surface area contributed by atoms with Gasteiger partial charge in [-0.3, -0.25) is 9.69 Å². The maximum atomic E-state index is 12.9. The molecule has 150 valence electrons. The summed E-state index contributed by atoms with van der Waals surface area (Å²) in [6, 6.07) is 19.0. The fourth-order valence-corrected chi connectivity index (χ4v) is 4.19. The zero-order valence-electron chi connectivity index (χ0n) is 16.9. The van der Waals surface area contributed by atoms with Crippen LogP contribution in [0.15, 0.2) is 59.1 Å². The zero-order chi connectivity index (χ0) is 19.9. The second-order valence-electron chi connectivity index (χ2n) is 8.28. The molecular weight excluding hydrogens is 412 g/mol. The normalized spacial score (nSPS) is 16.9. The van der Waals surface area contributed by atoms with Crippen LogP contribution in [0.1, 0.15) is 50.3 Å². The number of carbonyl (C=O) groups excluding carboxylic acids is 1. The Bertz CT molecular complexity index is 737. The minimum atomic E-state index is 0.106. The van der Waals surface area contributed by atoms with Crippen molar-refractivity contribution in [3.05, 3.63) is 70.2 Å². The Balaban J connectivity index is 1.52. The molecule has 3 nitrogen and oxygen atoms in total. The summed E-state index contributed by atoms with van der Waals surface area (Å²) in [6.45, 7) is 7.34. The van der Waals surface area contributed by atoms with Gasteiger partial charge in [0, 0.05) is 16.9 Å². The monoisotopic (exact) mass is 442 g/mol. The van der Waals surface area contributed by atoms with Crippen molar-refractivity contribution in [1.29, 1.82) is 0 Å². The van der Waals surface area contributed by atoms with E-state index in [0.29, 0.717) is 5.92 Å². The van der Waals surface area contributed by atoms with Crippen LogP contribution in [0.5, 0.6) is 0 Å². The molecule has 1 atom stereocenters. The van der Waals surface area contributed by atoms with E-state index in [-0.39, 0.29) is 17.9 Å². The third-order valence-corrected chi connectivity index (χ3v) is 6.03. The number of benzene rings is 2. The average molecular weight is 443 g/mol. The molecule has 3 rings (SSSR count). The highest BCUT2D eigenvalue weighted by molar-refractivity contribution is 9.10. The lowest BCUT2D eigenvalue weighted by Crippen LogP contribution is -2.41. The molecule has 1 amide bonds. The van der Waals surface area contributed by atoms with Gasteiger partial charge in [-0.05, 0) is 61.5 Å². The van der Waals surface area contributed by atoms with Crippen molar-refractivity contribution in [1.82, 2.24) is 10.2 Å². The van der Waals surface area contributed by atoms with Crippen molar-refractivity contribution in [3.8, 4) is 0 Å². The smallest absolute Gasteiger partial charge is 0.223 e. The van der Waals surface area contributed by atoms with Crippen LogP contribution in [0.25, 0.3) is 0 Å². The lowest BCUT2D eigenvalue weighted by atomic mass is 9.93. The molecule has 0 saturated carbocycles. The Morgan fingerprint density at radius 3 is 2.32 bits per heavy atom. The number of piperidine rings is 1. The van der Waals surface area contributed by atoms with Gasteiger partial charge in [0.2, 0.25) is 5.91 Å². The number of amides is 1. The summed E-state index contributed by atoms with van der Waals surface area (Å²) < 4.78 is 1.11. The quantitative estimate of drug-likeness (QED) is 0.607. The van der Waals surface area contributed by atoms with Crippen LogP contribution in [-0.2, 0) is 11.3 Å². The molecule has 0 radical (unpaired) electrons. The number of likely N-dealkylation sites (tertiary alicyclic amines) is 1. The van der Waals surface area contributed by atoms with Gasteiger partial charge in [0.25, 0.3) is 0 Å². The molecule has 0 bridgehead atoms. The van der Waals surface area contributed by atoms with Crippen LogP contribution in [0.3, 0.4) is 0 Å². The molecular formula is C24H31BrN2O. The first-order valence-electron chi connectivity index (χ1n) is 10.3. The first-order chi connectivity index (χ1) is 13.5. The van der Waals surface area contributed by atoms with Crippen LogP contribution >= 0.6 is 15.9 Å². The predicted octanol–water partition coefficient (Wildman–Crippen LogP) is 5.56. The van der Waals surface area contributed by atoms with Crippen molar-refractivity contribution in [2.75, 3.05) is 13.1 Å². The van der Waals surface area contributed by atoms with E-state index >= 15 is 0 Å². The van der Waals surface area contributed by atoms with Gasteiger partial charge in [-0.2, -0.15) is 0 Å². The van der Waals surface area contributed by atoms with Gasteiger partial charge in [-0.1, -0.05) is 72.2 Å². The molecule has 0 spiro atoms. The average Bonchev–Trinajstić information content (AvgIpc) is 2.70. The molecule has 2 aromatic rings. The van der Waals surface area contributed by atoms with Crippen LogP contribution in [-0.4, -0.2) is 23.9 Å². The van der Waals surface area contributed by atoms with Crippen molar-refractivity contribution < 1.29 is 4.79 Å². The lowest BCUT2D eigenvalue weighted by Gasteiger charge is -2.32. The molecule has 1 N–H and O–H groups in total. The fraction of sp³-hybridized carbons (Fsp3) is 0.458. The SMILES string of the molecule is CC(C)C[C@H](NC(=O)C1CCN(Cc2ccc(Br)cc2)CC1)c1ccccc1. The number of nitrogens with one attached hydrogen (secondary N) is 1. The van der Waals surface area contributed by atoms with Crippen LogP contribution in [0, 0.1) is 11.8 Å². The van der Waals surface area contributed by atoms with E-state index in [4.69, 9.17) is 0 Å². The Morgan fingerprint density at radius 1 is 1.07 bits per heavy atom. The van der Waals surface area contributed by atoms with Gasteiger partial charge >= 0.3 is 0 Å². The highest BCUT2D eigenvalue weighted by Gasteiger charge is 2.27. The minimum absolute atomic E-state index is 0.106. The molecule has 1 saturated heterocycles. The molecule has 0 aromatic heterocycles. The molecule has 28 heavy (non-hydrogen) atoms. The maximum Gasteiger partial charge on any atom is 0.223 e. The number of carbonyl (C=O) groups is 1. The molecule has 2 aromatic carbocycles. The molecule has 1 aliphatic rings. The lowest BCUT2D eigenvalue weighted by molar-refractivity contribution is -0.127. The highest BCUT2D eigenvalue weighted by atomic mass is 79.9. The Labute approximate surface area is 177 Å². The van der Waals surface area contributed by atoms with Crippen molar-refractivity contribution >= 4 is 21.8 Å². The van der Waals surface area contributed by atoms with Gasteiger partial charge < -0.3 is 5.32 Å². The molecule has 1 fully saturated rings. The second kappa shape index (κ2) is 10.2. The van der Waals surface area contributed by atoms with E-state index in [1.165, 1.54) is 11.1 Å². The van der Waals surface area contributed by atoms with Crippen molar-refractivity contribution in [3.63, 3.8) is 0 Å².